The molecule has 0 aliphatic heterocycles. The Labute approximate surface area is 221 Å². The molecule has 37 heavy (non-hydrogen) atoms. The first kappa shape index (κ1) is 29.0. The van der Waals surface area contributed by atoms with Gasteiger partial charge in [-0.2, -0.15) is 0 Å². The van der Waals surface area contributed by atoms with E-state index in [9.17, 15) is 13.8 Å². The average molecular weight is 527 g/mol. The van der Waals surface area contributed by atoms with Gasteiger partial charge in [0, 0.05) is 42.7 Å². The van der Waals surface area contributed by atoms with Crippen molar-refractivity contribution < 1.29 is 18.6 Å². The summed E-state index contributed by atoms with van der Waals surface area (Å²) in [7, 11) is -3.11. The van der Waals surface area contributed by atoms with Crippen LogP contribution in [0.2, 0.25) is 0 Å². The van der Waals surface area contributed by atoms with E-state index in [0.29, 0.717) is 36.5 Å². The van der Waals surface area contributed by atoms with E-state index in [4.69, 9.17) is 4.74 Å². The second-order valence-corrected chi connectivity index (χ2v) is 13.1. The van der Waals surface area contributed by atoms with E-state index in [-0.39, 0.29) is 17.9 Å². The highest BCUT2D eigenvalue weighted by Crippen LogP contribution is 2.41. The molecule has 0 saturated carbocycles. The minimum absolute atomic E-state index is 0.0490. The number of hydrogen-bond acceptors (Lipinski definition) is 4. The second-order valence-electron chi connectivity index (χ2n) is 10.7. The standard InChI is InChI=1S/C30H40FN2O3P/c1-20(2)33(21(3)4)17-26-14-24(11-12-28(26)29-13-23(6)32-16-30(29)31)18-36-27-10-8-9-25(15-27)22(5)19-37(7,34)35/h8-16,20-22H,17-19H2,1-7H3,(H,34,35). The van der Waals surface area contributed by atoms with Gasteiger partial charge in [0.2, 0.25) is 0 Å². The molecule has 0 amide bonds. The van der Waals surface area contributed by atoms with Gasteiger partial charge in [0.1, 0.15) is 18.2 Å². The van der Waals surface area contributed by atoms with Gasteiger partial charge in [-0.3, -0.25) is 14.4 Å². The Morgan fingerprint density at radius 3 is 2.38 bits per heavy atom. The third kappa shape index (κ3) is 8.23. The fourth-order valence-corrected chi connectivity index (χ4v) is 5.96. The first-order valence-corrected chi connectivity index (χ1v) is 15.2. The van der Waals surface area contributed by atoms with Crippen LogP contribution in [0.25, 0.3) is 11.1 Å². The fourth-order valence-electron chi connectivity index (χ4n) is 4.73. The molecule has 0 saturated heterocycles. The van der Waals surface area contributed by atoms with Crippen LogP contribution in [0, 0.1) is 12.7 Å². The Hall–Kier alpha value is -2.53. The highest BCUT2D eigenvalue weighted by Gasteiger charge is 2.19. The molecular formula is C30H40FN2O3P. The molecule has 1 N–H and O–H groups in total. The SMILES string of the molecule is Cc1cc(-c2ccc(COc3cccc(C(C)CP(C)(=O)O)c3)cc2CN(C(C)C)C(C)C)c(F)cn1. The maximum Gasteiger partial charge on any atom is 0.198 e. The number of hydrogen-bond donors (Lipinski definition) is 1. The van der Waals surface area contributed by atoms with Crippen molar-refractivity contribution in [2.24, 2.45) is 0 Å². The van der Waals surface area contributed by atoms with Gasteiger partial charge >= 0.3 is 0 Å². The summed E-state index contributed by atoms with van der Waals surface area (Å²) in [5.41, 5.74) is 5.19. The lowest BCUT2D eigenvalue weighted by Crippen LogP contribution is -2.36. The van der Waals surface area contributed by atoms with Crippen molar-refractivity contribution in [2.75, 3.05) is 12.8 Å². The summed E-state index contributed by atoms with van der Waals surface area (Å²) in [6.07, 6.45) is 1.52. The number of ether oxygens (including phenoxy) is 1. The minimum Gasteiger partial charge on any atom is -0.489 e. The summed E-state index contributed by atoms with van der Waals surface area (Å²) < 4.78 is 32.8. The lowest BCUT2D eigenvalue weighted by molar-refractivity contribution is 0.166. The lowest BCUT2D eigenvalue weighted by Gasteiger charge is -2.31. The summed E-state index contributed by atoms with van der Waals surface area (Å²) in [5, 5.41) is 0. The van der Waals surface area contributed by atoms with Crippen molar-refractivity contribution in [3.63, 3.8) is 0 Å². The van der Waals surface area contributed by atoms with Crippen molar-refractivity contribution in [1.82, 2.24) is 9.88 Å². The van der Waals surface area contributed by atoms with Crippen LogP contribution in [0.1, 0.15) is 62.9 Å². The molecule has 0 bridgehead atoms. The van der Waals surface area contributed by atoms with Gasteiger partial charge in [-0.25, -0.2) is 4.39 Å². The predicted molar refractivity (Wildman–Crippen MR) is 150 cm³/mol. The van der Waals surface area contributed by atoms with Gasteiger partial charge in [-0.15, -0.1) is 0 Å². The number of halogens is 1. The zero-order valence-electron chi connectivity index (χ0n) is 23.0. The van der Waals surface area contributed by atoms with Crippen LogP contribution in [-0.4, -0.2) is 39.7 Å². The summed E-state index contributed by atoms with van der Waals surface area (Å²) in [4.78, 5) is 16.2. The van der Waals surface area contributed by atoms with E-state index in [1.807, 2.05) is 50.2 Å². The van der Waals surface area contributed by atoms with Crippen molar-refractivity contribution in [3.05, 3.63) is 82.9 Å². The largest absolute Gasteiger partial charge is 0.489 e. The first-order chi connectivity index (χ1) is 17.3. The summed E-state index contributed by atoms with van der Waals surface area (Å²) in [5.74, 6) is 0.328. The van der Waals surface area contributed by atoms with E-state index >= 15 is 0 Å². The molecule has 2 unspecified atom stereocenters. The molecule has 3 rings (SSSR count). The first-order valence-electron chi connectivity index (χ1n) is 12.9. The quantitative estimate of drug-likeness (QED) is 0.264. The van der Waals surface area contributed by atoms with Crippen LogP contribution in [0.3, 0.4) is 0 Å². The second kappa shape index (κ2) is 12.3. The fraction of sp³-hybridized carbons (Fsp3) is 0.433. The number of benzene rings is 2. The van der Waals surface area contributed by atoms with E-state index in [1.54, 1.807) is 6.07 Å². The molecule has 2 atom stereocenters. The number of pyridine rings is 1. The van der Waals surface area contributed by atoms with Crippen LogP contribution < -0.4 is 4.74 Å². The average Bonchev–Trinajstić information content (AvgIpc) is 2.81. The number of nitrogens with zero attached hydrogens (tertiary/aromatic N) is 2. The van der Waals surface area contributed by atoms with Gasteiger partial charge in [0.15, 0.2) is 7.37 Å². The molecular weight excluding hydrogens is 486 g/mol. The molecule has 0 spiro atoms. The highest BCUT2D eigenvalue weighted by molar-refractivity contribution is 7.57. The Morgan fingerprint density at radius 2 is 1.73 bits per heavy atom. The van der Waals surface area contributed by atoms with Crippen molar-refractivity contribution in [1.29, 1.82) is 0 Å². The van der Waals surface area contributed by atoms with Crippen LogP contribution in [0.4, 0.5) is 4.39 Å². The van der Waals surface area contributed by atoms with E-state index in [2.05, 4.69) is 43.6 Å². The Balaban J connectivity index is 1.89. The topological polar surface area (TPSA) is 62.7 Å². The number of aromatic nitrogens is 1. The molecule has 3 aromatic rings. The number of rotatable bonds is 11. The molecule has 0 radical (unpaired) electrons. The molecule has 0 fully saturated rings. The van der Waals surface area contributed by atoms with Crippen molar-refractivity contribution in [3.8, 4) is 16.9 Å². The molecule has 1 aromatic heterocycles. The molecule has 7 heteroatoms. The molecule has 1 heterocycles. The van der Waals surface area contributed by atoms with Crippen molar-refractivity contribution >= 4 is 7.37 Å². The van der Waals surface area contributed by atoms with Gasteiger partial charge in [-0.1, -0.05) is 37.3 Å². The molecule has 0 aliphatic rings. The smallest absolute Gasteiger partial charge is 0.198 e. The minimum atomic E-state index is -3.11. The Kier molecular flexibility index (Phi) is 9.68. The summed E-state index contributed by atoms with van der Waals surface area (Å²) in [6.45, 7) is 14.9. The number of aryl methyl sites for hydroxylation is 1. The maximum absolute atomic E-state index is 14.8. The Morgan fingerprint density at radius 1 is 1.03 bits per heavy atom. The third-order valence-electron chi connectivity index (χ3n) is 6.58. The Bertz CT molecular complexity index is 1250. The van der Waals surface area contributed by atoms with E-state index in [1.165, 1.54) is 12.9 Å². The van der Waals surface area contributed by atoms with Gasteiger partial charge < -0.3 is 9.63 Å². The van der Waals surface area contributed by atoms with Gasteiger partial charge in [0.25, 0.3) is 0 Å². The lowest BCUT2D eigenvalue weighted by atomic mass is 9.96. The normalized spacial score (nSPS) is 14.3. The molecule has 0 aliphatic carbocycles. The van der Waals surface area contributed by atoms with E-state index in [0.717, 1.165) is 27.9 Å². The monoisotopic (exact) mass is 526 g/mol. The molecule has 5 nitrogen and oxygen atoms in total. The third-order valence-corrected chi connectivity index (χ3v) is 7.80. The summed E-state index contributed by atoms with van der Waals surface area (Å²) in [6, 6.07) is 16.2. The zero-order valence-corrected chi connectivity index (χ0v) is 23.9. The highest BCUT2D eigenvalue weighted by atomic mass is 31.2. The molecule has 2 aromatic carbocycles. The van der Waals surface area contributed by atoms with Crippen LogP contribution in [-0.2, 0) is 17.7 Å². The van der Waals surface area contributed by atoms with Gasteiger partial charge in [0.05, 0.1) is 6.20 Å². The molecule has 200 valence electrons. The zero-order chi connectivity index (χ0) is 27.3. The predicted octanol–water partition coefficient (Wildman–Crippen LogP) is 7.40. The maximum atomic E-state index is 14.8. The van der Waals surface area contributed by atoms with Crippen molar-refractivity contribution in [2.45, 2.75) is 72.7 Å². The van der Waals surface area contributed by atoms with Crippen LogP contribution >= 0.6 is 7.37 Å². The summed E-state index contributed by atoms with van der Waals surface area (Å²) >= 11 is 0. The van der Waals surface area contributed by atoms with Crippen LogP contribution in [0.5, 0.6) is 5.75 Å². The van der Waals surface area contributed by atoms with Crippen LogP contribution in [0.15, 0.2) is 54.7 Å². The van der Waals surface area contributed by atoms with E-state index < -0.39 is 7.37 Å². The van der Waals surface area contributed by atoms with Gasteiger partial charge in [-0.05, 0) is 81.0 Å².